The number of carbonyl (C=O) groups is 2. The molecule has 2 aromatic rings. The first kappa shape index (κ1) is 27.5. The number of piperidine rings is 1. The van der Waals surface area contributed by atoms with Crippen molar-refractivity contribution in [1.82, 2.24) is 15.1 Å². The molecule has 5 rings (SSSR count). The van der Waals surface area contributed by atoms with Gasteiger partial charge in [0.1, 0.15) is 17.5 Å². The molecule has 1 saturated heterocycles. The normalized spacial score (nSPS) is 23.2. The van der Waals surface area contributed by atoms with Crippen molar-refractivity contribution in [2.24, 2.45) is 5.92 Å². The molecule has 2 unspecified atom stereocenters. The predicted octanol–water partition coefficient (Wildman–Crippen LogP) is 5.10. The van der Waals surface area contributed by atoms with Crippen LogP contribution in [0.1, 0.15) is 76.0 Å². The minimum atomic E-state index is -0.727. The van der Waals surface area contributed by atoms with Gasteiger partial charge in [-0.3, -0.25) is 14.5 Å². The first-order valence-corrected chi connectivity index (χ1v) is 14.7. The first-order valence-electron chi connectivity index (χ1n) is 14.7. The van der Waals surface area contributed by atoms with Gasteiger partial charge in [0.05, 0.1) is 7.11 Å². The Morgan fingerprint density at radius 1 is 1.03 bits per heavy atom. The zero-order chi connectivity index (χ0) is 27.4. The number of carbonyl (C=O) groups excluding carboxylic acids is 2. The molecular weight excluding hydrogens is 490 g/mol. The third-order valence-electron chi connectivity index (χ3n) is 8.55. The number of nitrogens with zero attached hydrogens (tertiary/aromatic N) is 2. The number of hydrogen-bond acceptors (Lipinski definition) is 5. The van der Waals surface area contributed by atoms with Crippen LogP contribution in [-0.2, 0) is 16.1 Å². The van der Waals surface area contributed by atoms with Crippen LogP contribution < -0.4 is 14.8 Å². The number of amides is 2. The lowest BCUT2D eigenvalue weighted by Gasteiger charge is -2.42. The highest BCUT2D eigenvalue weighted by Gasteiger charge is 2.46. The lowest BCUT2D eigenvalue weighted by Crippen LogP contribution is -2.55. The van der Waals surface area contributed by atoms with Crippen LogP contribution in [0.3, 0.4) is 0 Å². The van der Waals surface area contributed by atoms with Crippen molar-refractivity contribution in [2.75, 3.05) is 20.2 Å². The van der Waals surface area contributed by atoms with E-state index in [1.54, 1.807) is 7.11 Å². The summed E-state index contributed by atoms with van der Waals surface area (Å²) in [6, 6.07) is 15.5. The van der Waals surface area contributed by atoms with Crippen molar-refractivity contribution >= 4 is 11.8 Å². The number of methoxy groups -OCH3 is 1. The molecule has 2 aliphatic heterocycles. The van der Waals surface area contributed by atoms with E-state index in [0.29, 0.717) is 11.5 Å². The minimum absolute atomic E-state index is 0.0375. The van der Waals surface area contributed by atoms with E-state index in [2.05, 4.69) is 34.5 Å². The lowest BCUT2D eigenvalue weighted by atomic mass is 9.93. The topological polar surface area (TPSA) is 71.1 Å². The number of benzene rings is 2. The van der Waals surface area contributed by atoms with E-state index in [-0.39, 0.29) is 29.8 Å². The van der Waals surface area contributed by atoms with E-state index in [0.717, 1.165) is 63.7 Å². The highest BCUT2D eigenvalue weighted by molar-refractivity contribution is 5.92. The molecule has 2 atom stereocenters. The molecule has 0 bridgehead atoms. The summed E-state index contributed by atoms with van der Waals surface area (Å²) in [4.78, 5) is 32.7. The van der Waals surface area contributed by atoms with E-state index in [1.165, 1.54) is 12.0 Å². The van der Waals surface area contributed by atoms with Crippen molar-refractivity contribution in [3.8, 4) is 11.5 Å². The van der Waals surface area contributed by atoms with Gasteiger partial charge in [-0.25, -0.2) is 0 Å². The fraction of sp³-hybridized carbons (Fsp3) is 0.562. The van der Waals surface area contributed by atoms with Crippen LogP contribution in [0.25, 0.3) is 0 Å². The van der Waals surface area contributed by atoms with Crippen molar-refractivity contribution in [3.63, 3.8) is 0 Å². The Hall–Kier alpha value is -3.06. The zero-order valence-corrected chi connectivity index (χ0v) is 23.6. The molecule has 210 valence electrons. The third kappa shape index (κ3) is 6.24. The molecular formula is C32H43N3O4. The largest absolute Gasteiger partial charge is 0.497 e. The Balaban J connectivity index is 1.45. The van der Waals surface area contributed by atoms with Crippen LogP contribution in [0.5, 0.6) is 11.5 Å². The molecule has 1 N–H and O–H groups in total. The van der Waals surface area contributed by atoms with Gasteiger partial charge in [-0.15, -0.1) is 0 Å². The summed E-state index contributed by atoms with van der Waals surface area (Å²) in [7, 11) is 1.62. The predicted molar refractivity (Wildman–Crippen MR) is 152 cm³/mol. The van der Waals surface area contributed by atoms with Gasteiger partial charge < -0.3 is 19.7 Å². The summed E-state index contributed by atoms with van der Waals surface area (Å²) in [5.74, 6) is 0.983. The van der Waals surface area contributed by atoms with E-state index in [4.69, 9.17) is 9.47 Å². The Bertz CT molecular complexity index is 1120. The molecule has 2 fully saturated rings. The van der Waals surface area contributed by atoms with Crippen molar-refractivity contribution in [2.45, 2.75) is 89.6 Å². The van der Waals surface area contributed by atoms with Gasteiger partial charge in [-0.05, 0) is 49.3 Å². The molecule has 2 heterocycles. The molecule has 3 aliphatic rings. The SMILES string of the molecule is COc1ccc2c(c1)OC(C(C)C)C(=O)N(C1CCN(Cc3ccccc3)CC1)C2C(=O)NC1CCCCC1. The van der Waals surface area contributed by atoms with Gasteiger partial charge in [0.25, 0.3) is 5.91 Å². The molecule has 7 heteroatoms. The number of nitrogens with one attached hydrogen (secondary N) is 1. The minimum Gasteiger partial charge on any atom is -0.497 e. The maximum atomic E-state index is 14.3. The Morgan fingerprint density at radius 2 is 1.74 bits per heavy atom. The van der Waals surface area contributed by atoms with Crippen molar-refractivity contribution in [1.29, 1.82) is 0 Å². The maximum absolute atomic E-state index is 14.3. The van der Waals surface area contributed by atoms with Crippen LogP contribution in [0.15, 0.2) is 48.5 Å². The van der Waals surface area contributed by atoms with Crippen molar-refractivity contribution < 1.29 is 19.1 Å². The Kier molecular flexibility index (Phi) is 8.75. The fourth-order valence-electron chi connectivity index (χ4n) is 6.38. The van der Waals surface area contributed by atoms with E-state index >= 15 is 0 Å². The third-order valence-corrected chi connectivity index (χ3v) is 8.55. The number of hydrogen-bond donors (Lipinski definition) is 1. The lowest BCUT2D eigenvalue weighted by molar-refractivity contribution is -0.151. The van der Waals surface area contributed by atoms with Crippen molar-refractivity contribution in [3.05, 3.63) is 59.7 Å². The van der Waals surface area contributed by atoms with E-state index in [1.807, 2.05) is 43.0 Å². The second-order valence-corrected chi connectivity index (χ2v) is 11.7. The highest BCUT2D eigenvalue weighted by atomic mass is 16.5. The average molecular weight is 534 g/mol. The van der Waals surface area contributed by atoms with Gasteiger partial charge in [-0.1, -0.05) is 63.4 Å². The van der Waals surface area contributed by atoms with Gasteiger partial charge in [0, 0.05) is 43.3 Å². The molecule has 1 saturated carbocycles. The second-order valence-electron chi connectivity index (χ2n) is 11.7. The molecule has 2 aromatic carbocycles. The molecule has 0 aromatic heterocycles. The summed E-state index contributed by atoms with van der Waals surface area (Å²) in [6.45, 7) is 6.66. The molecule has 7 nitrogen and oxygen atoms in total. The zero-order valence-electron chi connectivity index (χ0n) is 23.6. The summed E-state index contributed by atoms with van der Waals surface area (Å²) in [6.07, 6.45) is 6.44. The van der Waals surface area contributed by atoms with Gasteiger partial charge in [0.15, 0.2) is 6.10 Å². The average Bonchev–Trinajstić information content (AvgIpc) is 3.08. The number of likely N-dealkylation sites (tertiary alicyclic amines) is 1. The van der Waals surface area contributed by atoms with Crippen LogP contribution >= 0.6 is 0 Å². The van der Waals surface area contributed by atoms with Gasteiger partial charge in [-0.2, -0.15) is 0 Å². The van der Waals surface area contributed by atoms with E-state index < -0.39 is 12.1 Å². The molecule has 2 amide bonds. The Morgan fingerprint density at radius 3 is 2.41 bits per heavy atom. The van der Waals surface area contributed by atoms with Gasteiger partial charge >= 0.3 is 0 Å². The van der Waals surface area contributed by atoms with Crippen LogP contribution in [-0.4, -0.2) is 60.0 Å². The fourth-order valence-corrected chi connectivity index (χ4v) is 6.38. The maximum Gasteiger partial charge on any atom is 0.265 e. The molecule has 39 heavy (non-hydrogen) atoms. The standard InChI is InChI=1S/C32H43N3O4/c1-22(2)30-32(37)35(25-16-18-34(19-17-25)21-23-10-6-4-7-11-23)29(31(36)33-24-12-8-5-9-13-24)27-15-14-26(38-3)20-28(27)39-30/h4,6-7,10-11,14-15,20,22,24-25,29-30H,5,8-9,12-13,16-19,21H2,1-3H3,(H,33,36). The summed E-state index contributed by atoms with van der Waals surface area (Å²) in [5.41, 5.74) is 2.04. The van der Waals surface area contributed by atoms with Crippen LogP contribution in [0.2, 0.25) is 0 Å². The van der Waals surface area contributed by atoms with E-state index in [9.17, 15) is 9.59 Å². The number of fused-ring (bicyclic) bond motifs is 1. The molecule has 1 aliphatic carbocycles. The number of rotatable bonds is 7. The monoisotopic (exact) mass is 533 g/mol. The van der Waals surface area contributed by atoms with Gasteiger partial charge in [0.2, 0.25) is 5.91 Å². The molecule has 0 radical (unpaired) electrons. The second kappa shape index (κ2) is 12.4. The van der Waals surface area contributed by atoms with Crippen LogP contribution in [0, 0.1) is 5.92 Å². The van der Waals surface area contributed by atoms with Crippen LogP contribution in [0.4, 0.5) is 0 Å². The first-order chi connectivity index (χ1) is 18.9. The summed E-state index contributed by atoms with van der Waals surface area (Å²) < 4.78 is 11.9. The summed E-state index contributed by atoms with van der Waals surface area (Å²) >= 11 is 0. The quantitative estimate of drug-likeness (QED) is 0.537. The number of ether oxygens (including phenoxy) is 2. The molecule has 0 spiro atoms. The highest BCUT2D eigenvalue weighted by Crippen LogP contribution is 2.40. The smallest absolute Gasteiger partial charge is 0.265 e. The summed E-state index contributed by atoms with van der Waals surface area (Å²) in [5, 5.41) is 3.33. The Labute approximate surface area is 232 Å².